The Hall–Kier alpha value is -1.00. The second kappa shape index (κ2) is 6.07. The van der Waals surface area contributed by atoms with Crippen LogP contribution in [-0.4, -0.2) is 18.2 Å². The summed E-state index contributed by atoms with van der Waals surface area (Å²) in [7, 11) is 0. The Morgan fingerprint density at radius 3 is 2.35 bits per heavy atom. The summed E-state index contributed by atoms with van der Waals surface area (Å²) in [5.41, 5.74) is -1.74. The minimum absolute atomic E-state index is 0.252. The van der Waals surface area contributed by atoms with Gasteiger partial charge in [0.1, 0.15) is 11.6 Å². The predicted molar refractivity (Wildman–Crippen MR) is 63.7 cm³/mol. The Bertz CT molecular complexity index is 346. The highest BCUT2D eigenvalue weighted by atomic mass is 19.1. The molecule has 1 atom stereocenters. The molecule has 0 heterocycles. The average molecular weight is 243 g/mol. The van der Waals surface area contributed by atoms with Crippen LogP contribution >= 0.6 is 0 Å². The molecule has 17 heavy (non-hydrogen) atoms. The SMILES string of the molecule is CCCNCCC(C)(O)c1c(F)cccc1F. The Balaban J connectivity index is 2.75. The van der Waals surface area contributed by atoms with Gasteiger partial charge < -0.3 is 10.4 Å². The zero-order valence-electron chi connectivity index (χ0n) is 10.3. The van der Waals surface area contributed by atoms with E-state index in [1.807, 2.05) is 6.92 Å². The first kappa shape index (κ1) is 14.1. The molecule has 0 bridgehead atoms. The molecule has 0 saturated heterocycles. The lowest BCUT2D eigenvalue weighted by Crippen LogP contribution is -2.30. The maximum atomic E-state index is 13.5. The summed E-state index contributed by atoms with van der Waals surface area (Å²) in [4.78, 5) is 0. The van der Waals surface area contributed by atoms with Crippen LogP contribution in [0, 0.1) is 11.6 Å². The van der Waals surface area contributed by atoms with Crippen molar-refractivity contribution in [3.05, 3.63) is 35.4 Å². The van der Waals surface area contributed by atoms with Crippen molar-refractivity contribution in [3.8, 4) is 0 Å². The summed E-state index contributed by atoms with van der Waals surface area (Å²) in [5.74, 6) is -1.41. The van der Waals surface area contributed by atoms with Gasteiger partial charge in [-0.2, -0.15) is 0 Å². The van der Waals surface area contributed by atoms with Crippen LogP contribution in [0.2, 0.25) is 0 Å². The van der Waals surface area contributed by atoms with Gasteiger partial charge in [0, 0.05) is 0 Å². The Kier molecular flexibility index (Phi) is 5.02. The van der Waals surface area contributed by atoms with Gasteiger partial charge in [0.05, 0.1) is 11.2 Å². The number of hydrogen-bond donors (Lipinski definition) is 2. The van der Waals surface area contributed by atoms with Crippen molar-refractivity contribution in [1.82, 2.24) is 5.32 Å². The van der Waals surface area contributed by atoms with Crippen LogP contribution in [0.3, 0.4) is 0 Å². The fourth-order valence-corrected chi connectivity index (χ4v) is 1.77. The van der Waals surface area contributed by atoms with Crippen molar-refractivity contribution in [2.75, 3.05) is 13.1 Å². The van der Waals surface area contributed by atoms with Gasteiger partial charge in [-0.25, -0.2) is 8.78 Å². The van der Waals surface area contributed by atoms with Crippen LogP contribution in [0.25, 0.3) is 0 Å². The minimum Gasteiger partial charge on any atom is -0.385 e. The molecular formula is C13H19F2NO. The molecule has 1 aromatic carbocycles. The number of rotatable bonds is 6. The van der Waals surface area contributed by atoms with E-state index in [9.17, 15) is 13.9 Å². The maximum absolute atomic E-state index is 13.5. The summed E-state index contributed by atoms with van der Waals surface area (Å²) in [6.07, 6.45) is 1.25. The number of halogens is 2. The van der Waals surface area contributed by atoms with Crippen LogP contribution in [-0.2, 0) is 5.60 Å². The van der Waals surface area contributed by atoms with Gasteiger partial charge in [-0.1, -0.05) is 13.0 Å². The van der Waals surface area contributed by atoms with Gasteiger partial charge >= 0.3 is 0 Å². The third kappa shape index (κ3) is 3.75. The molecule has 0 amide bonds. The monoisotopic (exact) mass is 243 g/mol. The summed E-state index contributed by atoms with van der Waals surface area (Å²) < 4.78 is 27.0. The van der Waals surface area contributed by atoms with Crippen molar-refractivity contribution < 1.29 is 13.9 Å². The lowest BCUT2D eigenvalue weighted by molar-refractivity contribution is 0.0405. The molecule has 0 aliphatic rings. The highest BCUT2D eigenvalue weighted by molar-refractivity contribution is 5.25. The molecule has 96 valence electrons. The zero-order valence-corrected chi connectivity index (χ0v) is 10.3. The van der Waals surface area contributed by atoms with Gasteiger partial charge in [-0.3, -0.25) is 0 Å². The van der Waals surface area contributed by atoms with Crippen molar-refractivity contribution in [2.45, 2.75) is 32.3 Å². The van der Waals surface area contributed by atoms with E-state index in [-0.39, 0.29) is 12.0 Å². The highest BCUT2D eigenvalue weighted by Crippen LogP contribution is 2.28. The van der Waals surface area contributed by atoms with Gasteiger partial charge in [-0.05, 0) is 45.0 Å². The normalized spacial score (nSPS) is 14.6. The summed E-state index contributed by atoms with van der Waals surface area (Å²) in [5, 5.41) is 13.2. The van der Waals surface area contributed by atoms with Gasteiger partial charge in [0.25, 0.3) is 0 Å². The van der Waals surface area contributed by atoms with Crippen LogP contribution in [0.15, 0.2) is 18.2 Å². The number of aliphatic hydroxyl groups is 1. The quantitative estimate of drug-likeness (QED) is 0.753. The van der Waals surface area contributed by atoms with Crippen molar-refractivity contribution in [2.24, 2.45) is 0 Å². The molecule has 0 radical (unpaired) electrons. The molecule has 2 nitrogen and oxygen atoms in total. The molecule has 1 aromatic rings. The second-order valence-corrected chi connectivity index (χ2v) is 4.37. The smallest absolute Gasteiger partial charge is 0.132 e. The lowest BCUT2D eigenvalue weighted by Gasteiger charge is -2.25. The van der Waals surface area contributed by atoms with E-state index in [0.29, 0.717) is 6.54 Å². The summed E-state index contributed by atoms with van der Waals surface area (Å²) in [6.45, 7) is 4.81. The fourth-order valence-electron chi connectivity index (χ4n) is 1.77. The van der Waals surface area contributed by atoms with Crippen LogP contribution in [0.4, 0.5) is 8.78 Å². The number of hydrogen-bond acceptors (Lipinski definition) is 2. The lowest BCUT2D eigenvalue weighted by atomic mass is 9.91. The largest absolute Gasteiger partial charge is 0.385 e. The van der Waals surface area contributed by atoms with Gasteiger partial charge in [0.2, 0.25) is 0 Å². The van der Waals surface area contributed by atoms with E-state index in [1.54, 1.807) is 0 Å². The molecular weight excluding hydrogens is 224 g/mol. The van der Waals surface area contributed by atoms with E-state index >= 15 is 0 Å². The molecule has 1 rings (SSSR count). The Morgan fingerprint density at radius 1 is 1.24 bits per heavy atom. The topological polar surface area (TPSA) is 32.3 Å². The zero-order chi connectivity index (χ0) is 12.9. The van der Waals surface area contributed by atoms with E-state index in [2.05, 4.69) is 5.32 Å². The first-order valence-corrected chi connectivity index (χ1v) is 5.86. The van der Waals surface area contributed by atoms with E-state index < -0.39 is 17.2 Å². The molecule has 4 heteroatoms. The summed E-state index contributed by atoms with van der Waals surface area (Å²) >= 11 is 0. The maximum Gasteiger partial charge on any atom is 0.132 e. The fraction of sp³-hybridized carbons (Fsp3) is 0.538. The molecule has 0 spiro atoms. The van der Waals surface area contributed by atoms with Crippen LogP contribution in [0.1, 0.15) is 32.3 Å². The van der Waals surface area contributed by atoms with Gasteiger partial charge in [0.15, 0.2) is 0 Å². The van der Waals surface area contributed by atoms with Gasteiger partial charge in [-0.15, -0.1) is 0 Å². The average Bonchev–Trinajstić information content (AvgIpc) is 2.24. The van der Waals surface area contributed by atoms with Crippen molar-refractivity contribution in [3.63, 3.8) is 0 Å². The van der Waals surface area contributed by atoms with Crippen molar-refractivity contribution >= 4 is 0 Å². The van der Waals surface area contributed by atoms with Crippen molar-refractivity contribution in [1.29, 1.82) is 0 Å². The van der Waals surface area contributed by atoms with E-state index in [0.717, 1.165) is 25.1 Å². The molecule has 1 unspecified atom stereocenters. The number of benzene rings is 1. The van der Waals surface area contributed by atoms with Crippen LogP contribution < -0.4 is 5.32 Å². The molecule has 0 saturated carbocycles. The minimum atomic E-state index is -1.49. The van der Waals surface area contributed by atoms with E-state index in [4.69, 9.17) is 0 Å². The number of nitrogens with one attached hydrogen (secondary N) is 1. The third-order valence-electron chi connectivity index (χ3n) is 2.72. The van der Waals surface area contributed by atoms with E-state index in [1.165, 1.54) is 13.0 Å². The second-order valence-electron chi connectivity index (χ2n) is 4.37. The highest BCUT2D eigenvalue weighted by Gasteiger charge is 2.29. The molecule has 0 fully saturated rings. The standard InChI is InChI=1S/C13H19F2NO/c1-3-8-16-9-7-13(2,17)12-10(14)5-4-6-11(12)15/h4-6,16-17H,3,7-9H2,1-2H3. The first-order valence-electron chi connectivity index (χ1n) is 5.86. The summed E-state index contributed by atoms with van der Waals surface area (Å²) in [6, 6.07) is 3.61. The Labute approximate surface area is 101 Å². The first-order chi connectivity index (χ1) is 7.99. The third-order valence-corrected chi connectivity index (χ3v) is 2.72. The molecule has 2 N–H and O–H groups in total. The molecule has 0 aliphatic carbocycles. The Morgan fingerprint density at radius 2 is 1.82 bits per heavy atom. The molecule has 0 aliphatic heterocycles. The predicted octanol–water partition coefficient (Wildman–Crippen LogP) is 2.56. The van der Waals surface area contributed by atoms with Crippen LogP contribution in [0.5, 0.6) is 0 Å². The molecule has 0 aromatic heterocycles.